The number of hydrogen-bond donors (Lipinski definition) is 0. The van der Waals surface area contributed by atoms with Crippen LogP contribution in [0.1, 0.15) is 30.1 Å². The van der Waals surface area contributed by atoms with E-state index >= 15 is 0 Å². The summed E-state index contributed by atoms with van der Waals surface area (Å²) < 4.78 is 0. The lowest BCUT2D eigenvalue weighted by atomic mass is 10.2. The molecule has 4 rings (SSSR count). The lowest BCUT2D eigenvalue weighted by Crippen LogP contribution is -2.47. The topological polar surface area (TPSA) is 58.0 Å². The molecule has 0 radical (unpaired) electrons. The van der Waals surface area contributed by atoms with E-state index in [0.29, 0.717) is 5.92 Å². The molecule has 2 aliphatic rings. The zero-order valence-electron chi connectivity index (χ0n) is 14.1. The van der Waals surface area contributed by atoms with Crippen LogP contribution in [0, 0.1) is 6.92 Å². The number of piperazine rings is 1. The maximum Gasteiger partial charge on any atom is 0.189 e. The van der Waals surface area contributed by atoms with Crippen molar-refractivity contribution in [3.8, 4) is 0 Å². The number of rotatable bonds is 4. The normalized spacial score (nSPS) is 18.1. The van der Waals surface area contributed by atoms with Crippen molar-refractivity contribution < 1.29 is 0 Å². The molecule has 1 aliphatic carbocycles. The van der Waals surface area contributed by atoms with Gasteiger partial charge in [0.25, 0.3) is 0 Å². The summed E-state index contributed by atoms with van der Waals surface area (Å²) in [6, 6.07) is 2.03. The largest absolute Gasteiger partial charge is 0.353 e. The molecule has 1 aliphatic heterocycles. The van der Waals surface area contributed by atoms with E-state index < -0.39 is 0 Å². The van der Waals surface area contributed by atoms with Gasteiger partial charge in [-0.3, -0.25) is 0 Å². The highest BCUT2D eigenvalue weighted by Crippen LogP contribution is 2.38. The summed E-state index contributed by atoms with van der Waals surface area (Å²) in [5, 5.41) is 0.836. The lowest BCUT2D eigenvalue weighted by molar-refractivity contribution is 0.633. The van der Waals surface area contributed by atoms with Crippen LogP contribution >= 0.6 is 11.8 Å². The second-order valence-electron chi connectivity index (χ2n) is 6.38. The first kappa shape index (κ1) is 15.6. The summed E-state index contributed by atoms with van der Waals surface area (Å²) in [6.45, 7) is 5.90. The van der Waals surface area contributed by atoms with Crippen molar-refractivity contribution in [1.29, 1.82) is 0 Å². The Kier molecular flexibility index (Phi) is 4.26. The average Bonchev–Trinajstić information content (AvgIpc) is 3.48. The number of aryl methyl sites for hydroxylation is 1. The molecule has 0 amide bonds. The molecule has 0 bridgehead atoms. The molecule has 0 N–H and O–H groups in total. The van der Waals surface area contributed by atoms with Gasteiger partial charge in [0.2, 0.25) is 0 Å². The van der Waals surface area contributed by atoms with Crippen LogP contribution in [-0.2, 0) is 0 Å². The zero-order valence-corrected chi connectivity index (χ0v) is 15.0. The molecule has 0 unspecified atom stereocenters. The van der Waals surface area contributed by atoms with Crippen LogP contribution in [0.5, 0.6) is 0 Å². The smallest absolute Gasteiger partial charge is 0.189 e. The molecular weight excluding hydrogens is 320 g/mol. The number of hydrogen-bond acceptors (Lipinski definition) is 7. The maximum atomic E-state index is 4.77. The van der Waals surface area contributed by atoms with Gasteiger partial charge >= 0.3 is 0 Å². The third kappa shape index (κ3) is 3.17. The fourth-order valence-electron chi connectivity index (χ4n) is 3.06. The quantitative estimate of drug-likeness (QED) is 0.625. The molecule has 1 saturated heterocycles. The van der Waals surface area contributed by atoms with Crippen molar-refractivity contribution in [2.75, 3.05) is 42.2 Å². The van der Waals surface area contributed by atoms with Gasteiger partial charge in [0, 0.05) is 50.1 Å². The first-order chi connectivity index (χ1) is 11.7. The van der Waals surface area contributed by atoms with Crippen LogP contribution in [0.2, 0.25) is 0 Å². The molecular formula is C17H22N6S. The van der Waals surface area contributed by atoms with E-state index in [4.69, 9.17) is 9.97 Å². The number of anilines is 2. The molecule has 2 aromatic rings. The van der Waals surface area contributed by atoms with Crippen LogP contribution in [0.3, 0.4) is 0 Å². The fourth-order valence-corrected chi connectivity index (χ4v) is 3.40. The molecule has 0 spiro atoms. The minimum Gasteiger partial charge on any atom is -0.353 e. The molecule has 7 heteroatoms. The van der Waals surface area contributed by atoms with Crippen LogP contribution in [0.4, 0.5) is 11.6 Å². The Hall–Kier alpha value is -1.89. The molecule has 126 valence electrons. The SMILES string of the molecule is CSc1ncc(C)c(N2CCN(c3ccnc(C4CC4)n3)CC2)n1. The minimum atomic E-state index is 0.597. The molecule has 24 heavy (non-hydrogen) atoms. The first-order valence-corrected chi connectivity index (χ1v) is 9.67. The first-order valence-electron chi connectivity index (χ1n) is 8.45. The summed E-state index contributed by atoms with van der Waals surface area (Å²) in [5.41, 5.74) is 1.14. The molecule has 0 aromatic carbocycles. The standard InChI is InChI=1S/C17H22N6S/c1-12-11-19-17(24-2)21-16(12)23-9-7-22(8-10-23)14-5-6-18-15(20-14)13-3-4-13/h5-6,11,13H,3-4,7-10H2,1-2H3. The predicted octanol–water partition coefficient (Wildman–Crippen LogP) is 2.50. The summed E-state index contributed by atoms with van der Waals surface area (Å²) >= 11 is 1.59. The Morgan fingerprint density at radius 3 is 2.50 bits per heavy atom. The van der Waals surface area contributed by atoms with Crippen LogP contribution in [0.25, 0.3) is 0 Å². The number of thioether (sulfide) groups is 1. The second kappa shape index (κ2) is 6.55. The van der Waals surface area contributed by atoms with Gasteiger partial charge in [-0.25, -0.2) is 19.9 Å². The molecule has 6 nitrogen and oxygen atoms in total. The van der Waals surface area contributed by atoms with E-state index in [1.165, 1.54) is 12.8 Å². The summed E-state index contributed by atoms with van der Waals surface area (Å²) in [4.78, 5) is 22.9. The number of nitrogens with zero attached hydrogens (tertiary/aromatic N) is 6. The molecule has 2 aromatic heterocycles. The van der Waals surface area contributed by atoms with Crippen molar-refractivity contribution in [3.05, 3.63) is 29.8 Å². The van der Waals surface area contributed by atoms with Crippen LogP contribution in [0.15, 0.2) is 23.6 Å². The third-order valence-electron chi connectivity index (χ3n) is 4.61. The van der Waals surface area contributed by atoms with Crippen LogP contribution in [-0.4, -0.2) is 52.4 Å². The van der Waals surface area contributed by atoms with Gasteiger partial charge in [0.05, 0.1) is 0 Å². The van der Waals surface area contributed by atoms with Gasteiger partial charge < -0.3 is 9.80 Å². The van der Waals surface area contributed by atoms with Gasteiger partial charge in [0.15, 0.2) is 5.16 Å². The highest BCUT2D eigenvalue weighted by Gasteiger charge is 2.27. The lowest BCUT2D eigenvalue weighted by Gasteiger charge is -2.36. The Morgan fingerprint density at radius 1 is 1.04 bits per heavy atom. The highest BCUT2D eigenvalue weighted by atomic mass is 32.2. The third-order valence-corrected chi connectivity index (χ3v) is 5.17. The van der Waals surface area contributed by atoms with E-state index in [-0.39, 0.29) is 0 Å². The maximum absolute atomic E-state index is 4.77. The summed E-state index contributed by atoms with van der Waals surface area (Å²) in [5.74, 6) is 3.75. The highest BCUT2D eigenvalue weighted by molar-refractivity contribution is 7.98. The predicted molar refractivity (Wildman–Crippen MR) is 97.0 cm³/mol. The van der Waals surface area contributed by atoms with Crippen molar-refractivity contribution >= 4 is 23.4 Å². The van der Waals surface area contributed by atoms with Crippen molar-refractivity contribution in [2.24, 2.45) is 0 Å². The van der Waals surface area contributed by atoms with E-state index in [0.717, 1.165) is 54.4 Å². The zero-order chi connectivity index (χ0) is 16.5. The average molecular weight is 342 g/mol. The Balaban J connectivity index is 1.46. The molecule has 1 saturated carbocycles. The molecule has 2 fully saturated rings. The van der Waals surface area contributed by atoms with Gasteiger partial charge in [-0.15, -0.1) is 0 Å². The Labute approximate surface area is 146 Å². The van der Waals surface area contributed by atoms with E-state index in [1.807, 2.05) is 24.7 Å². The Morgan fingerprint density at radius 2 is 1.79 bits per heavy atom. The monoisotopic (exact) mass is 342 g/mol. The van der Waals surface area contributed by atoms with E-state index in [2.05, 4.69) is 26.7 Å². The van der Waals surface area contributed by atoms with Gasteiger partial charge in [0.1, 0.15) is 17.5 Å². The van der Waals surface area contributed by atoms with Crippen LogP contribution < -0.4 is 9.80 Å². The summed E-state index contributed by atoms with van der Waals surface area (Å²) in [7, 11) is 0. The van der Waals surface area contributed by atoms with Crippen molar-refractivity contribution in [3.63, 3.8) is 0 Å². The number of aromatic nitrogens is 4. The fraction of sp³-hybridized carbons (Fsp3) is 0.529. The minimum absolute atomic E-state index is 0.597. The second-order valence-corrected chi connectivity index (χ2v) is 7.16. The molecule has 3 heterocycles. The van der Waals surface area contributed by atoms with Crippen molar-refractivity contribution in [1.82, 2.24) is 19.9 Å². The van der Waals surface area contributed by atoms with Gasteiger partial charge in [-0.05, 0) is 32.1 Å². The van der Waals surface area contributed by atoms with E-state index in [1.54, 1.807) is 11.8 Å². The Bertz CT molecular complexity index is 725. The van der Waals surface area contributed by atoms with Gasteiger partial charge in [-0.2, -0.15) is 0 Å². The van der Waals surface area contributed by atoms with Crippen molar-refractivity contribution in [2.45, 2.75) is 30.8 Å². The van der Waals surface area contributed by atoms with E-state index in [9.17, 15) is 0 Å². The molecule has 0 atom stereocenters. The van der Waals surface area contributed by atoms with Gasteiger partial charge in [-0.1, -0.05) is 11.8 Å². The summed E-state index contributed by atoms with van der Waals surface area (Å²) in [6.07, 6.45) is 8.32.